The van der Waals surface area contributed by atoms with Crippen molar-refractivity contribution in [2.75, 3.05) is 14.2 Å². The zero-order chi connectivity index (χ0) is 22.5. The molecule has 1 aromatic heterocycles. The van der Waals surface area contributed by atoms with Gasteiger partial charge in [0.2, 0.25) is 5.75 Å². The molecule has 0 aliphatic rings. The minimum atomic E-state index is -0.499. The number of aryl methyl sites for hydroxylation is 2. The largest absolute Gasteiger partial charge is 0.493 e. The van der Waals surface area contributed by atoms with Crippen LogP contribution in [0.5, 0.6) is 17.2 Å². The molecule has 162 valence electrons. The number of aromatic nitrogens is 2. The predicted molar refractivity (Wildman–Crippen MR) is 116 cm³/mol. The molecule has 0 spiro atoms. The Morgan fingerprint density at radius 2 is 1.84 bits per heavy atom. The van der Waals surface area contributed by atoms with E-state index in [9.17, 15) is 9.59 Å². The zero-order valence-corrected chi connectivity index (χ0v) is 18.1. The summed E-state index contributed by atoms with van der Waals surface area (Å²) in [4.78, 5) is 28.3. The summed E-state index contributed by atoms with van der Waals surface area (Å²) in [6.45, 7) is 6.07. The van der Waals surface area contributed by atoms with E-state index in [0.717, 1.165) is 23.4 Å². The predicted octanol–water partition coefficient (Wildman–Crippen LogP) is 3.07. The van der Waals surface area contributed by atoms with Crippen molar-refractivity contribution in [2.45, 2.75) is 27.3 Å². The van der Waals surface area contributed by atoms with Gasteiger partial charge in [-0.3, -0.25) is 9.59 Å². The first kappa shape index (κ1) is 21.8. The van der Waals surface area contributed by atoms with Crippen LogP contribution in [0.3, 0.4) is 0 Å². The Morgan fingerprint density at radius 1 is 1.16 bits per heavy atom. The van der Waals surface area contributed by atoms with E-state index in [1.54, 1.807) is 24.3 Å². The number of hydrogen-bond donors (Lipinski definition) is 1. The second kappa shape index (κ2) is 9.29. The summed E-state index contributed by atoms with van der Waals surface area (Å²) < 4.78 is 17.8. The molecule has 9 nitrogen and oxygen atoms in total. The molecule has 1 amide bonds. The summed E-state index contributed by atoms with van der Waals surface area (Å²) in [5, 5.41) is 4.01. The Bertz CT molecular complexity index is 1140. The number of carbonyl (C=O) groups is 2. The number of fused-ring (bicyclic) bond motifs is 1. The number of nitrogens with zero attached hydrogens (tertiary/aromatic N) is 3. The monoisotopic (exact) mass is 424 g/mol. The van der Waals surface area contributed by atoms with Crippen LogP contribution < -0.4 is 19.6 Å². The molecular weight excluding hydrogens is 400 g/mol. The van der Waals surface area contributed by atoms with E-state index in [1.807, 2.05) is 19.9 Å². The average molecular weight is 424 g/mol. The Kier molecular flexibility index (Phi) is 6.54. The zero-order valence-electron chi connectivity index (χ0n) is 18.1. The maximum atomic E-state index is 12.5. The number of methoxy groups -OCH3 is 2. The summed E-state index contributed by atoms with van der Waals surface area (Å²) in [5.74, 6) is 0.810. The summed E-state index contributed by atoms with van der Waals surface area (Å²) in [6, 6.07) is 8.58. The van der Waals surface area contributed by atoms with Gasteiger partial charge < -0.3 is 18.8 Å². The van der Waals surface area contributed by atoms with Crippen LogP contribution in [0, 0.1) is 6.92 Å². The second-order valence-corrected chi connectivity index (χ2v) is 6.65. The van der Waals surface area contributed by atoms with E-state index in [4.69, 9.17) is 14.2 Å². The third-order valence-corrected chi connectivity index (χ3v) is 4.63. The van der Waals surface area contributed by atoms with Gasteiger partial charge in [0.25, 0.3) is 5.91 Å². The summed E-state index contributed by atoms with van der Waals surface area (Å²) in [6.07, 6.45) is 1.44. The van der Waals surface area contributed by atoms with Crippen LogP contribution in [0.4, 0.5) is 0 Å². The number of benzene rings is 2. The standard InChI is InChI=1S/C22H24N4O5/c1-6-26-13(2)24-17-11-16(7-8-18(17)26)22(28)25-23-12-15-9-19(29-4)21(31-14(3)27)20(10-15)30-5/h7-12H,6H2,1-5H3,(H,25,28)/b23-12-. The van der Waals surface area contributed by atoms with Crippen molar-refractivity contribution in [1.29, 1.82) is 0 Å². The van der Waals surface area contributed by atoms with Gasteiger partial charge >= 0.3 is 5.97 Å². The molecule has 0 saturated carbocycles. The Morgan fingerprint density at radius 3 is 2.42 bits per heavy atom. The number of rotatable bonds is 7. The Balaban J connectivity index is 1.79. The molecule has 0 bridgehead atoms. The van der Waals surface area contributed by atoms with Gasteiger partial charge in [0, 0.05) is 24.6 Å². The van der Waals surface area contributed by atoms with Crippen LogP contribution in [-0.2, 0) is 11.3 Å². The molecule has 3 rings (SSSR count). The SMILES string of the molecule is CCn1c(C)nc2cc(C(=O)N/N=C\c3cc(OC)c(OC(C)=O)c(OC)c3)ccc21. The second-order valence-electron chi connectivity index (χ2n) is 6.65. The molecule has 1 N–H and O–H groups in total. The molecule has 0 fully saturated rings. The molecule has 0 atom stereocenters. The lowest BCUT2D eigenvalue weighted by Gasteiger charge is -2.13. The van der Waals surface area contributed by atoms with E-state index < -0.39 is 5.97 Å². The van der Waals surface area contributed by atoms with Crippen LogP contribution in [0.1, 0.15) is 35.6 Å². The number of nitrogens with one attached hydrogen (secondary N) is 1. The lowest BCUT2D eigenvalue weighted by atomic mass is 10.2. The summed E-state index contributed by atoms with van der Waals surface area (Å²) in [5.41, 5.74) is 5.26. The average Bonchev–Trinajstić information content (AvgIpc) is 3.07. The van der Waals surface area contributed by atoms with Gasteiger partial charge in [-0.05, 0) is 44.2 Å². The number of hydrogen-bond acceptors (Lipinski definition) is 7. The number of esters is 1. The number of hydrazone groups is 1. The fourth-order valence-corrected chi connectivity index (χ4v) is 3.24. The first-order valence-electron chi connectivity index (χ1n) is 9.62. The normalized spacial score (nSPS) is 11.0. The van der Waals surface area contributed by atoms with Crippen molar-refractivity contribution in [2.24, 2.45) is 5.10 Å². The van der Waals surface area contributed by atoms with Crippen LogP contribution in [0.15, 0.2) is 35.4 Å². The maximum Gasteiger partial charge on any atom is 0.308 e. The molecule has 0 aliphatic carbocycles. The van der Waals surface area contributed by atoms with Crippen LogP contribution >= 0.6 is 0 Å². The number of amides is 1. The van der Waals surface area contributed by atoms with Crippen LogP contribution in [0.2, 0.25) is 0 Å². The highest BCUT2D eigenvalue weighted by atomic mass is 16.6. The number of imidazole rings is 1. The summed E-state index contributed by atoms with van der Waals surface area (Å²) >= 11 is 0. The minimum Gasteiger partial charge on any atom is -0.493 e. The van der Waals surface area contributed by atoms with E-state index in [2.05, 4.69) is 20.1 Å². The van der Waals surface area contributed by atoms with Gasteiger partial charge in [-0.1, -0.05) is 0 Å². The van der Waals surface area contributed by atoms with Crippen molar-refractivity contribution >= 4 is 29.1 Å². The van der Waals surface area contributed by atoms with Crippen molar-refractivity contribution in [3.8, 4) is 17.2 Å². The fourth-order valence-electron chi connectivity index (χ4n) is 3.24. The molecule has 0 saturated heterocycles. The third kappa shape index (κ3) is 4.66. The van der Waals surface area contributed by atoms with Crippen LogP contribution in [-0.4, -0.2) is 41.9 Å². The molecule has 0 aliphatic heterocycles. The van der Waals surface area contributed by atoms with Gasteiger partial charge in [-0.2, -0.15) is 5.10 Å². The first-order valence-corrected chi connectivity index (χ1v) is 9.62. The molecule has 2 aromatic carbocycles. The van der Waals surface area contributed by atoms with E-state index in [1.165, 1.54) is 27.4 Å². The van der Waals surface area contributed by atoms with Crippen LogP contribution in [0.25, 0.3) is 11.0 Å². The van der Waals surface area contributed by atoms with Gasteiger partial charge in [-0.25, -0.2) is 10.4 Å². The molecule has 3 aromatic rings. The Hall–Kier alpha value is -3.88. The van der Waals surface area contributed by atoms with Gasteiger partial charge in [0.1, 0.15) is 5.82 Å². The molecule has 31 heavy (non-hydrogen) atoms. The van der Waals surface area contributed by atoms with Gasteiger partial charge in [0.05, 0.1) is 31.5 Å². The molecular formula is C22H24N4O5. The van der Waals surface area contributed by atoms with Gasteiger partial charge in [0.15, 0.2) is 11.5 Å². The van der Waals surface area contributed by atoms with E-state index >= 15 is 0 Å². The fraction of sp³-hybridized carbons (Fsp3) is 0.273. The van der Waals surface area contributed by atoms with Crippen molar-refractivity contribution in [3.05, 3.63) is 47.3 Å². The summed E-state index contributed by atoms with van der Waals surface area (Å²) in [7, 11) is 2.89. The maximum absolute atomic E-state index is 12.5. The van der Waals surface area contributed by atoms with Gasteiger partial charge in [-0.15, -0.1) is 0 Å². The van der Waals surface area contributed by atoms with Crippen molar-refractivity contribution in [3.63, 3.8) is 0 Å². The van der Waals surface area contributed by atoms with Crippen molar-refractivity contribution < 1.29 is 23.8 Å². The highest BCUT2D eigenvalue weighted by Crippen LogP contribution is 2.38. The molecule has 0 unspecified atom stereocenters. The topological polar surface area (TPSA) is 104 Å². The highest BCUT2D eigenvalue weighted by molar-refractivity contribution is 5.98. The quantitative estimate of drug-likeness (QED) is 0.271. The number of carbonyl (C=O) groups excluding carboxylic acids is 2. The third-order valence-electron chi connectivity index (χ3n) is 4.63. The lowest BCUT2D eigenvalue weighted by molar-refractivity contribution is -0.132. The lowest BCUT2D eigenvalue weighted by Crippen LogP contribution is -2.17. The van der Waals surface area contributed by atoms with Crippen molar-refractivity contribution in [1.82, 2.24) is 15.0 Å². The first-order chi connectivity index (χ1) is 14.9. The Labute approximate surface area is 179 Å². The number of ether oxygens (including phenoxy) is 3. The molecule has 0 radical (unpaired) electrons. The smallest absolute Gasteiger partial charge is 0.308 e. The van der Waals surface area contributed by atoms with E-state index in [-0.39, 0.29) is 11.7 Å². The molecule has 9 heteroatoms. The highest BCUT2D eigenvalue weighted by Gasteiger charge is 2.16. The molecule has 1 heterocycles. The minimum absolute atomic E-state index is 0.175. The van der Waals surface area contributed by atoms with E-state index in [0.29, 0.717) is 22.6 Å².